The highest BCUT2D eigenvalue weighted by Gasteiger charge is 2.51. The number of carboxylic acid groups (broad SMARTS) is 1. The predicted octanol–water partition coefficient (Wildman–Crippen LogP) is 2.48. The van der Waals surface area contributed by atoms with Gasteiger partial charge in [-0.15, -0.1) is 0 Å². The van der Waals surface area contributed by atoms with Crippen LogP contribution in [0.15, 0.2) is 36.5 Å². The highest BCUT2D eigenvalue weighted by molar-refractivity contribution is 7.91. The second-order valence-corrected chi connectivity index (χ2v) is 11.5. The molecule has 0 amide bonds. The fourth-order valence-electron chi connectivity index (χ4n) is 4.65. The van der Waals surface area contributed by atoms with E-state index in [9.17, 15) is 44.7 Å². The number of carboxylic acids is 1. The number of carbonyl (C=O) groups is 1. The Labute approximate surface area is 219 Å². The van der Waals surface area contributed by atoms with Crippen LogP contribution in [0.5, 0.6) is 5.75 Å². The largest absolute Gasteiger partial charge is 0.548 e. The number of aromatic nitrogens is 2. The summed E-state index contributed by atoms with van der Waals surface area (Å²) in [7, 11) is -4.46. The van der Waals surface area contributed by atoms with E-state index >= 15 is 0 Å². The molecule has 3 heterocycles. The van der Waals surface area contributed by atoms with E-state index in [0.717, 1.165) is 22.6 Å². The lowest BCUT2D eigenvalue weighted by Crippen LogP contribution is -2.63. The number of benzene rings is 1. The first kappa shape index (κ1) is 28.9. The smallest absolute Gasteiger partial charge is 0.433 e. The van der Waals surface area contributed by atoms with Gasteiger partial charge in [-0.1, -0.05) is 0 Å². The number of rotatable bonds is 6. The maximum atomic E-state index is 13.5. The maximum Gasteiger partial charge on any atom is 0.433 e. The molecule has 2 aromatic rings. The standard InChI is InChI=1S/C23H24F6N4O5S/c24-22(25,26)15-1-3-16(4-2-15)38-17-6-11-33(12-7-17)39(36,37)21(19(34)35)8-13-32(14-9-21)20-30-10-5-18(31-20)23(27,28)29/h1-5,10,17H,6-9,11-14H2,(H,34,35)/p-1. The number of anilines is 1. The Morgan fingerprint density at radius 2 is 1.54 bits per heavy atom. The van der Waals surface area contributed by atoms with Crippen LogP contribution in [0.25, 0.3) is 0 Å². The van der Waals surface area contributed by atoms with Crippen molar-refractivity contribution in [2.45, 2.75) is 48.9 Å². The van der Waals surface area contributed by atoms with E-state index in [2.05, 4.69) is 9.97 Å². The maximum absolute atomic E-state index is 13.5. The molecule has 0 bridgehead atoms. The number of hydrogen-bond acceptors (Lipinski definition) is 8. The monoisotopic (exact) mass is 581 g/mol. The van der Waals surface area contributed by atoms with Crippen LogP contribution in [-0.4, -0.2) is 65.7 Å². The number of nitrogens with zero attached hydrogens (tertiary/aromatic N) is 4. The molecular formula is C23H23F6N4O5S-. The molecule has 2 saturated heterocycles. The molecule has 39 heavy (non-hydrogen) atoms. The number of hydrogen-bond donors (Lipinski definition) is 0. The number of alkyl halides is 6. The number of halogens is 6. The van der Waals surface area contributed by atoms with E-state index in [1.165, 1.54) is 17.0 Å². The second-order valence-electron chi connectivity index (χ2n) is 9.25. The van der Waals surface area contributed by atoms with Crippen molar-refractivity contribution in [3.8, 4) is 5.75 Å². The lowest BCUT2D eigenvalue weighted by molar-refractivity contribution is -0.310. The molecular weight excluding hydrogens is 558 g/mol. The van der Waals surface area contributed by atoms with E-state index in [1.54, 1.807) is 0 Å². The minimum Gasteiger partial charge on any atom is -0.548 e. The van der Waals surface area contributed by atoms with Crippen LogP contribution < -0.4 is 14.7 Å². The van der Waals surface area contributed by atoms with Crippen LogP contribution in [0.4, 0.5) is 32.3 Å². The summed E-state index contributed by atoms with van der Waals surface area (Å²) in [5, 5.41) is 12.2. The molecule has 0 atom stereocenters. The van der Waals surface area contributed by atoms with Gasteiger partial charge in [0.1, 0.15) is 22.3 Å². The molecule has 2 fully saturated rings. The minimum absolute atomic E-state index is 0.0941. The molecule has 9 nitrogen and oxygen atoms in total. The molecule has 1 aromatic heterocycles. The molecule has 0 saturated carbocycles. The van der Waals surface area contributed by atoms with E-state index in [4.69, 9.17) is 4.74 Å². The van der Waals surface area contributed by atoms with Crippen molar-refractivity contribution in [1.29, 1.82) is 0 Å². The van der Waals surface area contributed by atoms with Crippen molar-refractivity contribution in [1.82, 2.24) is 14.3 Å². The van der Waals surface area contributed by atoms with Gasteiger partial charge >= 0.3 is 12.4 Å². The highest BCUT2D eigenvalue weighted by atomic mass is 32.2. The van der Waals surface area contributed by atoms with Gasteiger partial charge in [0, 0.05) is 32.4 Å². The van der Waals surface area contributed by atoms with Gasteiger partial charge in [-0.2, -0.15) is 26.3 Å². The zero-order chi connectivity index (χ0) is 28.6. The lowest BCUT2D eigenvalue weighted by Gasteiger charge is -2.45. The normalized spacial score (nSPS) is 19.6. The summed E-state index contributed by atoms with van der Waals surface area (Å²) >= 11 is 0. The Morgan fingerprint density at radius 3 is 2.05 bits per heavy atom. The van der Waals surface area contributed by atoms with Crippen molar-refractivity contribution in [3.63, 3.8) is 0 Å². The van der Waals surface area contributed by atoms with Crippen LogP contribution in [-0.2, 0) is 27.2 Å². The summed E-state index contributed by atoms with van der Waals surface area (Å²) in [6.07, 6.45) is -9.40. The predicted molar refractivity (Wildman–Crippen MR) is 122 cm³/mol. The van der Waals surface area contributed by atoms with Gasteiger partial charge in [0.15, 0.2) is 0 Å². The van der Waals surface area contributed by atoms with Crippen LogP contribution >= 0.6 is 0 Å². The minimum atomic E-state index is -4.71. The lowest BCUT2D eigenvalue weighted by atomic mass is 9.96. The second kappa shape index (κ2) is 10.4. The average Bonchev–Trinajstić information content (AvgIpc) is 2.88. The van der Waals surface area contributed by atoms with Gasteiger partial charge in [0.05, 0.1) is 11.5 Å². The zero-order valence-corrected chi connectivity index (χ0v) is 21.0. The first-order chi connectivity index (χ1) is 18.1. The molecule has 16 heteroatoms. The summed E-state index contributed by atoms with van der Waals surface area (Å²) in [4.78, 5) is 20.7. The van der Waals surface area contributed by atoms with E-state index in [0.29, 0.717) is 6.07 Å². The van der Waals surface area contributed by atoms with Crippen LogP contribution in [0.2, 0.25) is 0 Å². The number of piperidine rings is 2. The van der Waals surface area contributed by atoms with Crippen molar-refractivity contribution >= 4 is 21.9 Å². The van der Waals surface area contributed by atoms with Gasteiger partial charge in [-0.05, 0) is 56.0 Å². The molecule has 0 unspecified atom stereocenters. The number of carbonyl (C=O) groups excluding carboxylic acids is 1. The molecule has 2 aliphatic heterocycles. The summed E-state index contributed by atoms with van der Waals surface area (Å²) in [5.41, 5.74) is -2.02. The number of sulfonamides is 1. The van der Waals surface area contributed by atoms with Crippen molar-refractivity contribution in [3.05, 3.63) is 47.8 Å². The summed E-state index contributed by atoms with van der Waals surface area (Å²) in [6, 6.07) is 4.76. The van der Waals surface area contributed by atoms with Crippen molar-refractivity contribution in [2.75, 3.05) is 31.1 Å². The quantitative estimate of drug-likeness (QED) is 0.478. The SMILES string of the molecule is O=C([O-])C1(S(=O)(=O)N2CCC(Oc3ccc(C(F)(F)F)cc3)CC2)CCN(c2nccc(C(F)(F)F)n2)CC1. The van der Waals surface area contributed by atoms with Crippen LogP contribution in [0.1, 0.15) is 36.9 Å². The highest BCUT2D eigenvalue weighted by Crippen LogP contribution is 2.37. The molecule has 0 radical (unpaired) electrons. The fourth-order valence-corrected chi connectivity index (χ4v) is 6.74. The van der Waals surface area contributed by atoms with Gasteiger partial charge in [-0.3, -0.25) is 0 Å². The average molecular weight is 582 g/mol. The van der Waals surface area contributed by atoms with Crippen molar-refractivity contribution in [2.24, 2.45) is 0 Å². The Hall–Kier alpha value is -3.14. The van der Waals surface area contributed by atoms with Gasteiger partial charge in [0.2, 0.25) is 16.0 Å². The third kappa shape index (κ3) is 5.90. The van der Waals surface area contributed by atoms with E-state index < -0.39 is 63.3 Å². The summed E-state index contributed by atoms with van der Waals surface area (Å²) in [6.45, 7) is -0.656. The number of ether oxygens (including phenoxy) is 1. The van der Waals surface area contributed by atoms with E-state index in [1.807, 2.05) is 0 Å². The third-order valence-corrected chi connectivity index (χ3v) is 9.49. The molecule has 0 aliphatic carbocycles. The van der Waals surface area contributed by atoms with Crippen LogP contribution in [0, 0.1) is 0 Å². The zero-order valence-electron chi connectivity index (χ0n) is 20.2. The first-order valence-electron chi connectivity index (χ1n) is 11.8. The Bertz CT molecular complexity index is 1290. The van der Waals surface area contributed by atoms with Gasteiger partial charge in [-0.25, -0.2) is 22.7 Å². The van der Waals surface area contributed by atoms with Gasteiger partial charge in [0.25, 0.3) is 0 Å². The van der Waals surface area contributed by atoms with E-state index in [-0.39, 0.29) is 50.7 Å². The Morgan fingerprint density at radius 1 is 0.949 bits per heavy atom. The van der Waals surface area contributed by atoms with Crippen molar-refractivity contribution < 1.29 is 49.4 Å². The number of aliphatic carboxylic acids is 1. The first-order valence-corrected chi connectivity index (χ1v) is 13.3. The van der Waals surface area contributed by atoms with Crippen LogP contribution in [0.3, 0.4) is 0 Å². The molecule has 0 spiro atoms. The Kier molecular flexibility index (Phi) is 7.73. The molecule has 2 aliphatic rings. The molecule has 1 aromatic carbocycles. The van der Waals surface area contributed by atoms with Gasteiger partial charge < -0.3 is 19.5 Å². The topological polar surface area (TPSA) is 116 Å². The molecule has 4 rings (SSSR count). The Balaban J connectivity index is 1.41. The third-order valence-electron chi connectivity index (χ3n) is 6.88. The molecule has 0 N–H and O–H groups in total. The molecule has 214 valence electrons. The summed E-state index contributed by atoms with van der Waals surface area (Å²) < 4.78 is 109. The fraction of sp³-hybridized carbons (Fsp3) is 0.522. The summed E-state index contributed by atoms with van der Waals surface area (Å²) in [5.74, 6) is -1.93.